The van der Waals surface area contributed by atoms with Crippen molar-refractivity contribution in [1.82, 2.24) is 0 Å². The molecule has 0 unspecified atom stereocenters. The molecule has 3 aromatic carbocycles. The van der Waals surface area contributed by atoms with E-state index >= 15 is 0 Å². The molecule has 3 aromatic rings. The number of hydrogen-bond acceptors (Lipinski definition) is 11. The van der Waals surface area contributed by atoms with Gasteiger partial charge in [0.2, 0.25) is 0 Å². The molecule has 0 amide bonds. The van der Waals surface area contributed by atoms with E-state index in [9.17, 15) is 24.0 Å². The largest absolute Gasteiger partial charge is 0.462 e. The van der Waals surface area contributed by atoms with E-state index in [2.05, 4.69) is 23.7 Å². The molecule has 254 valence electrons. The summed E-state index contributed by atoms with van der Waals surface area (Å²) in [5, 5.41) is -0.0344. The summed E-state index contributed by atoms with van der Waals surface area (Å²) < 4.78 is 11.3. The summed E-state index contributed by atoms with van der Waals surface area (Å²) in [6.45, 7) is 7.20. The highest BCUT2D eigenvalue weighted by molar-refractivity contribution is 8.29. The number of aldehydes is 1. The molecule has 0 aliphatic carbocycles. The van der Waals surface area contributed by atoms with Crippen LogP contribution in [0, 0.1) is 23.7 Å². The van der Waals surface area contributed by atoms with Gasteiger partial charge in [0.1, 0.15) is 9.81 Å². The molecule has 0 aromatic heterocycles. The second-order valence-electron chi connectivity index (χ2n) is 10.5. The number of thioether (sulfide) groups is 4. The van der Waals surface area contributed by atoms with E-state index in [1.807, 2.05) is 50.2 Å². The van der Waals surface area contributed by atoms with Crippen LogP contribution in [-0.2, 0) is 28.7 Å². The van der Waals surface area contributed by atoms with Gasteiger partial charge >= 0.3 is 11.9 Å². The molecule has 0 bridgehead atoms. The first kappa shape index (κ1) is 38.4. The SMILES string of the molecule is CCCOC(=O)C1=C(C(=O)OCCC)SC(=Cc2cc(C#Cc3ccc(SC(C)=O)cc3)c(C=O)cc2C#Cc2ccc(SC(C)=O)cc2)S1. The first-order chi connectivity index (χ1) is 24.1. The summed E-state index contributed by atoms with van der Waals surface area (Å²) in [6, 6.07) is 17.9. The zero-order valence-electron chi connectivity index (χ0n) is 27.7. The number of esters is 2. The molecule has 1 aliphatic heterocycles. The summed E-state index contributed by atoms with van der Waals surface area (Å²) >= 11 is 4.49. The Morgan fingerprint density at radius 3 is 1.48 bits per heavy atom. The van der Waals surface area contributed by atoms with E-state index in [1.54, 1.807) is 30.3 Å². The topological polar surface area (TPSA) is 104 Å². The van der Waals surface area contributed by atoms with Gasteiger partial charge in [0.15, 0.2) is 16.5 Å². The van der Waals surface area contributed by atoms with E-state index in [-0.39, 0.29) is 33.3 Å². The van der Waals surface area contributed by atoms with Crippen molar-refractivity contribution in [1.29, 1.82) is 0 Å². The first-order valence-electron chi connectivity index (χ1n) is 15.5. The van der Waals surface area contributed by atoms with Gasteiger partial charge in [-0.15, -0.1) is 0 Å². The van der Waals surface area contributed by atoms with E-state index in [4.69, 9.17) is 9.47 Å². The van der Waals surface area contributed by atoms with E-state index in [1.165, 1.54) is 13.8 Å². The maximum atomic E-state index is 13.0. The van der Waals surface area contributed by atoms with Crippen LogP contribution in [0.5, 0.6) is 0 Å². The Kier molecular flexibility index (Phi) is 14.7. The zero-order valence-corrected chi connectivity index (χ0v) is 31.0. The normalized spacial score (nSPS) is 11.9. The van der Waals surface area contributed by atoms with Gasteiger partial charge in [0, 0.05) is 51.5 Å². The highest BCUT2D eigenvalue weighted by atomic mass is 32.2. The minimum atomic E-state index is -0.599. The van der Waals surface area contributed by atoms with Gasteiger partial charge < -0.3 is 9.47 Å². The van der Waals surface area contributed by atoms with Crippen LogP contribution in [0.1, 0.15) is 78.7 Å². The summed E-state index contributed by atoms with van der Waals surface area (Å²) in [5.74, 6) is 11.3. The Morgan fingerprint density at radius 1 is 0.660 bits per heavy atom. The van der Waals surface area contributed by atoms with Gasteiger partial charge in [0.05, 0.1) is 17.5 Å². The monoisotopic (exact) mass is 740 g/mol. The van der Waals surface area contributed by atoms with Crippen LogP contribution in [0.15, 0.2) is 84.5 Å². The lowest BCUT2D eigenvalue weighted by atomic mass is 9.98. The van der Waals surface area contributed by atoms with Crippen molar-refractivity contribution in [3.63, 3.8) is 0 Å². The number of benzene rings is 3. The third-order valence-corrected chi connectivity index (χ3v) is 10.4. The number of ether oxygens (including phenoxy) is 2. The van der Waals surface area contributed by atoms with Crippen molar-refractivity contribution in [3.05, 3.63) is 108 Å². The van der Waals surface area contributed by atoms with Crippen LogP contribution < -0.4 is 0 Å². The molecule has 7 nitrogen and oxygen atoms in total. The number of rotatable bonds is 10. The van der Waals surface area contributed by atoms with Crippen molar-refractivity contribution >= 4 is 81.6 Å². The molecule has 1 aliphatic rings. The third kappa shape index (κ3) is 11.3. The van der Waals surface area contributed by atoms with Crippen molar-refractivity contribution in [2.24, 2.45) is 0 Å². The minimum Gasteiger partial charge on any atom is -0.462 e. The van der Waals surface area contributed by atoms with Crippen LogP contribution in [0.4, 0.5) is 0 Å². The van der Waals surface area contributed by atoms with Crippen molar-refractivity contribution in [2.75, 3.05) is 13.2 Å². The average molecular weight is 741 g/mol. The predicted molar refractivity (Wildman–Crippen MR) is 202 cm³/mol. The lowest BCUT2D eigenvalue weighted by Crippen LogP contribution is -2.12. The van der Waals surface area contributed by atoms with Gasteiger partial charge in [-0.1, -0.05) is 84.6 Å². The Balaban J connectivity index is 1.77. The summed E-state index contributed by atoms with van der Waals surface area (Å²) in [6.07, 6.45) is 3.78. The van der Waals surface area contributed by atoms with Crippen LogP contribution in [0.2, 0.25) is 0 Å². The standard InChI is InChI=1S/C39H32O7S4/c1-5-19-45-38(43)36-37(39(44)46-20-6-2)50-35(49-36)23-31-21-30(14-8-28-11-17-34(18-12-28)48-26(4)42)32(24-40)22-29(31)13-7-27-9-15-33(16-10-27)47-25(3)41/h9-12,15-18,21-24H,5-6,19-20H2,1-4H3. The summed E-state index contributed by atoms with van der Waals surface area (Å²) in [5.41, 5.74) is 3.32. The number of hydrogen-bond donors (Lipinski definition) is 0. The van der Waals surface area contributed by atoms with Gasteiger partial charge in [-0.05, 0) is 85.1 Å². The average Bonchev–Trinajstić information content (AvgIpc) is 3.53. The molecule has 1 heterocycles. The molecule has 11 heteroatoms. The van der Waals surface area contributed by atoms with Gasteiger partial charge in [-0.2, -0.15) is 0 Å². The molecule has 0 spiro atoms. The lowest BCUT2D eigenvalue weighted by molar-refractivity contribution is -0.141. The predicted octanol–water partition coefficient (Wildman–Crippen LogP) is 8.47. The molecular weight excluding hydrogens is 709 g/mol. The molecule has 0 N–H and O–H groups in total. The number of carbonyl (C=O) groups excluding carboxylic acids is 5. The molecular formula is C39H32O7S4. The van der Waals surface area contributed by atoms with Crippen LogP contribution in [0.25, 0.3) is 6.08 Å². The highest BCUT2D eigenvalue weighted by Crippen LogP contribution is 2.51. The maximum Gasteiger partial charge on any atom is 0.346 e. The summed E-state index contributed by atoms with van der Waals surface area (Å²) in [4.78, 5) is 63.1. The fourth-order valence-corrected chi connectivity index (χ4v) is 7.72. The Hall–Kier alpha value is -4.39. The Bertz CT molecular complexity index is 1950. The highest BCUT2D eigenvalue weighted by Gasteiger charge is 2.33. The lowest BCUT2D eigenvalue weighted by Gasteiger charge is -2.06. The molecule has 0 saturated carbocycles. The van der Waals surface area contributed by atoms with Gasteiger partial charge in [0.25, 0.3) is 0 Å². The van der Waals surface area contributed by atoms with Crippen molar-refractivity contribution in [2.45, 2.75) is 50.3 Å². The molecule has 4 rings (SSSR count). The van der Waals surface area contributed by atoms with Crippen molar-refractivity contribution in [3.8, 4) is 23.7 Å². The van der Waals surface area contributed by atoms with Gasteiger partial charge in [-0.3, -0.25) is 14.4 Å². The Labute approximate surface area is 308 Å². The quantitative estimate of drug-likeness (QED) is 0.0866. The van der Waals surface area contributed by atoms with Crippen molar-refractivity contribution < 1.29 is 33.4 Å². The first-order valence-corrected chi connectivity index (χ1v) is 18.8. The maximum absolute atomic E-state index is 13.0. The Morgan fingerprint density at radius 2 is 1.08 bits per heavy atom. The summed E-state index contributed by atoms with van der Waals surface area (Å²) in [7, 11) is 0. The molecule has 0 saturated heterocycles. The third-order valence-electron chi connectivity index (χ3n) is 6.39. The zero-order chi connectivity index (χ0) is 36.0. The van der Waals surface area contributed by atoms with Crippen LogP contribution in [-0.4, -0.2) is 41.7 Å². The second kappa shape index (κ2) is 19.1. The van der Waals surface area contributed by atoms with Crippen LogP contribution in [0.3, 0.4) is 0 Å². The van der Waals surface area contributed by atoms with E-state index < -0.39 is 11.9 Å². The fraction of sp³-hybridized carbons (Fsp3) is 0.205. The molecule has 0 atom stereocenters. The van der Waals surface area contributed by atoms with Gasteiger partial charge in [-0.25, -0.2) is 9.59 Å². The molecule has 0 radical (unpaired) electrons. The van der Waals surface area contributed by atoms with E-state index in [0.717, 1.165) is 63.1 Å². The van der Waals surface area contributed by atoms with E-state index in [0.29, 0.717) is 50.5 Å². The second-order valence-corrected chi connectivity index (χ2v) is 15.3. The molecule has 0 fully saturated rings. The van der Waals surface area contributed by atoms with Crippen LogP contribution >= 0.6 is 47.0 Å². The smallest absolute Gasteiger partial charge is 0.346 e. The fourth-order valence-electron chi connectivity index (χ4n) is 4.18. The minimum absolute atomic E-state index is 0.0166. The number of carbonyl (C=O) groups is 5. The molecule has 50 heavy (non-hydrogen) atoms.